The number of nitrogens with two attached hydrogens (primary N) is 1. The number of benzene rings is 1. The second-order valence-electron chi connectivity index (χ2n) is 4.07. The molecule has 1 amide bonds. The van der Waals surface area contributed by atoms with Crippen molar-refractivity contribution < 1.29 is 18.0 Å². The third kappa shape index (κ3) is 5.93. The van der Waals surface area contributed by atoms with Crippen LogP contribution >= 0.6 is 15.9 Å². The molecule has 0 bridgehead atoms. The quantitative estimate of drug-likeness (QED) is 0.828. The minimum atomic E-state index is -4.32. The summed E-state index contributed by atoms with van der Waals surface area (Å²) in [5.74, 6) is -0.530. The largest absolute Gasteiger partial charge is 0.401 e. The molecule has 0 fully saturated rings. The SMILES string of the molecule is CN(CC(=O)Nc1ccc(N)cc1Br)CC(F)(F)F. The van der Waals surface area contributed by atoms with E-state index in [-0.39, 0.29) is 6.54 Å². The smallest absolute Gasteiger partial charge is 0.399 e. The molecule has 0 heterocycles. The molecule has 3 N–H and O–H groups in total. The lowest BCUT2D eigenvalue weighted by Gasteiger charge is -2.18. The molecule has 0 atom stereocenters. The second-order valence-corrected chi connectivity index (χ2v) is 4.93. The van der Waals surface area contributed by atoms with E-state index in [9.17, 15) is 18.0 Å². The Morgan fingerprint density at radius 3 is 2.63 bits per heavy atom. The van der Waals surface area contributed by atoms with Gasteiger partial charge in [-0.1, -0.05) is 0 Å². The molecule has 19 heavy (non-hydrogen) atoms. The van der Waals surface area contributed by atoms with Crippen molar-refractivity contribution in [1.82, 2.24) is 4.90 Å². The summed E-state index contributed by atoms with van der Waals surface area (Å²) >= 11 is 3.20. The molecule has 8 heteroatoms. The number of halogens is 4. The molecule has 0 aliphatic carbocycles. The Balaban J connectivity index is 2.56. The highest BCUT2D eigenvalue weighted by atomic mass is 79.9. The van der Waals surface area contributed by atoms with Gasteiger partial charge in [0.05, 0.1) is 18.8 Å². The summed E-state index contributed by atoms with van der Waals surface area (Å²) in [6.07, 6.45) is -4.32. The summed E-state index contributed by atoms with van der Waals surface area (Å²) in [5.41, 5.74) is 6.50. The monoisotopic (exact) mass is 339 g/mol. The summed E-state index contributed by atoms with van der Waals surface area (Å²) in [5, 5.41) is 2.50. The minimum Gasteiger partial charge on any atom is -0.399 e. The molecule has 0 spiro atoms. The molecule has 0 saturated heterocycles. The number of alkyl halides is 3. The first kappa shape index (κ1) is 15.8. The topological polar surface area (TPSA) is 58.4 Å². The average molecular weight is 340 g/mol. The van der Waals surface area contributed by atoms with E-state index in [1.807, 2.05) is 0 Å². The van der Waals surface area contributed by atoms with Crippen molar-refractivity contribution in [3.05, 3.63) is 22.7 Å². The maximum Gasteiger partial charge on any atom is 0.401 e. The van der Waals surface area contributed by atoms with Gasteiger partial charge in [-0.15, -0.1) is 0 Å². The van der Waals surface area contributed by atoms with E-state index >= 15 is 0 Å². The Labute approximate surface area is 116 Å². The van der Waals surface area contributed by atoms with Gasteiger partial charge in [-0.2, -0.15) is 13.2 Å². The van der Waals surface area contributed by atoms with Crippen LogP contribution in [0.5, 0.6) is 0 Å². The lowest BCUT2D eigenvalue weighted by Crippen LogP contribution is -2.36. The van der Waals surface area contributed by atoms with Gasteiger partial charge in [0.15, 0.2) is 0 Å². The fraction of sp³-hybridized carbons (Fsp3) is 0.364. The van der Waals surface area contributed by atoms with Gasteiger partial charge in [0, 0.05) is 10.2 Å². The molecule has 1 aromatic rings. The molecule has 0 aliphatic heterocycles. The predicted molar refractivity (Wildman–Crippen MR) is 70.7 cm³/mol. The maximum absolute atomic E-state index is 12.1. The number of carbonyl (C=O) groups excluding carboxylic acids is 1. The number of hydrogen-bond donors (Lipinski definition) is 2. The highest BCUT2D eigenvalue weighted by Gasteiger charge is 2.29. The van der Waals surface area contributed by atoms with E-state index in [1.54, 1.807) is 18.2 Å². The number of nitrogens with zero attached hydrogens (tertiary/aromatic N) is 1. The van der Waals surface area contributed by atoms with Crippen molar-refractivity contribution in [2.45, 2.75) is 6.18 Å². The highest BCUT2D eigenvalue weighted by Crippen LogP contribution is 2.24. The number of hydrogen-bond acceptors (Lipinski definition) is 3. The third-order valence-electron chi connectivity index (χ3n) is 2.13. The van der Waals surface area contributed by atoms with Crippen LogP contribution < -0.4 is 11.1 Å². The summed E-state index contributed by atoms with van der Waals surface area (Å²) in [6, 6.07) is 4.75. The lowest BCUT2D eigenvalue weighted by atomic mass is 10.3. The van der Waals surface area contributed by atoms with Gasteiger partial charge in [-0.25, -0.2) is 0 Å². The molecular formula is C11H13BrF3N3O. The zero-order valence-electron chi connectivity index (χ0n) is 10.1. The van der Waals surface area contributed by atoms with E-state index in [0.29, 0.717) is 15.8 Å². The number of nitrogen functional groups attached to an aromatic ring is 1. The number of carbonyl (C=O) groups is 1. The molecule has 106 valence electrons. The number of amides is 1. The van der Waals surface area contributed by atoms with Crippen molar-refractivity contribution in [1.29, 1.82) is 0 Å². The normalized spacial score (nSPS) is 11.7. The molecule has 0 unspecified atom stereocenters. The molecule has 1 aromatic carbocycles. The molecule has 0 radical (unpaired) electrons. The standard InChI is InChI=1S/C11H13BrF3N3O/c1-18(6-11(13,14)15)5-10(19)17-9-3-2-7(16)4-8(9)12/h2-4H,5-6,16H2,1H3,(H,17,19). The van der Waals surface area contributed by atoms with E-state index < -0.39 is 18.6 Å². The Hall–Kier alpha value is -1.28. The Morgan fingerprint density at radius 1 is 1.47 bits per heavy atom. The summed E-state index contributed by atoms with van der Waals surface area (Å²) in [6.45, 7) is -1.49. The van der Waals surface area contributed by atoms with Crippen molar-refractivity contribution in [2.24, 2.45) is 0 Å². The van der Waals surface area contributed by atoms with Gasteiger partial charge >= 0.3 is 6.18 Å². The number of anilines is 2. The zero-order valence-corrected chi connectivity index (χ0v) is 11.7. The molecular weight excluding hydrogens is 327 g/mol. The van der Waals surface area contributed by atoms with Crippen molar-refractivity contribution in [3.8, 4) is 0 Å². The Kier molecular flexibility index (Phi) is 5.19. The molecule has 0 aromatic heterocycles. The van der Waals surface area contributed by atoms with Gasteiger partial charge in [-0.05, 0) is 41.2 Å². The summed E-state index contributed by atoms with van der Waals surface area (Å²) in [4.78, 5) is 12.5. The van der Waals surface area contributed by atoms with Gasteiger partial charge in [0.1, 0.15) is 0 Å². The van der Waals surface area contributed by atoms with Gasteiger partial charge in [0.25, 0.3) is 0 Å². The van der Waals surface area contributed by atoms with Gasteiger partial charge < -0.3 is 11.1 Å². The van der Waals surface area contributed by atoms with Crippen LogP contribution in [0, 0.1) is 0 Å². The number of rotatable bonds is 4. The number of likely N-dealkylation sites (N-methyl/N-ethyl adjacent to an activating group) is 1. The third-order valence-corrected chi connectivity index (χ3v) is 2.79. The van der Waals surface area contributed by atoms with Crippen molar-refractivity contribution in [2.75, 3.05) is 31.2 Å². The second kappa shape index (κ2) is 6.25. The van der Waals surface area contributed by atoms with Crippen LogP contribution in [0.15, 0.2) is 22.7 Å². The fourth-order valence-electron chi connectivity index (χ4n) is 1.43. The van der Waals surface area contributed by atoms with Crippen LogP contribution in [0.2, 0.25) is 0 Å². The summed E-state index contributed by atoms with van der Waals surface area (Å²) in [7, 11) is 1.23. The van der Waals surface area contributed by atoms with Gasteiger partial charge in [-0.3, -0.25) is 9.69 Å². The van der Waals surface area contributed by atoms with Crippen LogP contribution in [0.1, 0.15) is 0 Å². The first-order valence-corrected chi connectivity index (χ1v) is 6.07. The van der Waals surface area contributed by atoms with Crippen LogP contribution in [0.3, 0.4) is 0 Å². The van der Waals surface area contributed by atoms with Crippen LogP contribution in [-0.2, 0) is 4.79 Å². The predicted octanol–water partition coefficient (Wildman–Crippen LogP) is 2.46. The highest BCUT2D eigenvalue weighted by molar-refractivity contribution is 9.10. The van der Waals surface area contributed by atoms with Crippen molar-refractivity contribution >= 4 is 33.2 Å². The van der Waals surface area contributed by atoms with Crippen LogP contribution in [0.25, 0.3) is 0 Å². The van der Waals surface area contributed by atoms with E-state index in [4.69, 9.17) is 5.73 Å². The fourth-order valence-corrected chi connectivity index (χ4v) is 1.93. The Morgan fingerprint density at radius 2 is 2.11 bits per heavy atom. The van der Waals surface area contributed by atoms with E-state index in [0.717, 1.165) is 4.90 Å². The first-order valence-electron chi connectivity index (χ1n) is 5.27. The van der Waals surface area contributed by atoms with Crippen molar-refractivity contribution in [3.63, 3.8) is 0 Å². The molecule has 0 saturated carbocycles. The number of nitrogens with one attached hydrogen (secondary N) is 1. The average Bonchev–Trinajstić information content (AvgIpc) is 2.19. The van der Waals surface area contributed by atoms with Crippen LogP contribution in [0.4, 0.5) is 24.5 Å². The van der Waals surface area contributed by atoms with E-state index in [2.05, 4.69) is 21.2 Å². The minimum absolute atomic E-state index is 0.351. The van der Waals surface area contributed by atoms with Gasteiger partial charge in [0.2, 0.25) is 5.91 Å². The zero-order chi connectivity index (χ0) is 14.6. The molecule has 1 rings (SSSR count). The Bertz CT molecular complexity index is 465. The van der Waals surface area contributed by atoms with Crippen LogP contribution in [-0.4, -0.2) is 37.1 Å². The molecule has 4 nitrogen and oxygen atoms in total. The van der Waals surface area contributed by atoms with E-state index in [1.165, 1.54) is 7.05 Å². The molecule has 0 aliphatic rings. The first-order chi connectivity index (χ1) is 8.67. The maximum atomic E-state index is 12.1. The lowest BCUT2D eigenvalue weighted by molar-refractivity contribution is -0.145. The summed E-state index contributed by atoms with van der Waals surface area (Å²) < 4.78 is 36.9.